The normalized spacial score (nSPS) is 10.1. The van der Waals surface area contributed by atoms with E-state index in [2.05, 4.69) is 5.32 Å². The predicted molar refractivity (Wildman–Crippen MR) is 103 cm³/mol. The van der Waals surface area contributed by atoms with Crippen LogP contribution in [0.1, 0.15) is 5.56 Å². The van der Waals surface area contributed by atoms with E-state index in [4.69, 9.17) is 14.2 Å². The highest BCUT2D eigenvalue weighted by Gasteiger charge is 2.06. The van der Waals surface area contributed by atoms with Crippen molar-refractivity contribution in [3.05, 3.63) is 84.4 Å². The number of ether oxygens (including phenoxy) is 3. The molecule has 0 unspecified atom stereocenters. The summed E-state index contributed by atoms with van der Waals surface area (Å²) in [5.74, 6) is 2.61. The maximum atomic E-state index is 12.0. The number of methoxy groups -OCH3 is 1. The second kappa shape index (κ2) is 9.29. The molecule has 5 nitrogen and oxygen atoms in total. The number of para-hydroxylation sites is 2. The van der Waals surface area contributed by atoms with Crippen molar-refractivity contribution in [3.8, 4) is 23.0 Å². The topological polar surface area (TPSA) is 56.8 Å². The van der Waals surface area contributed by atoms with Crippen LogP contribution in [0.15, 0.2) is 78.9 Å². The monoisotopic (exact) mass is 363 g/mol. The van der Waals surface area contributed by atoms with Crippen molar-refractivity contribution in [3.63, 3.8) is 0 Å². The molecule has 0 spiro atoms. The Labute approximate surface area is 158 Å². The minimum absolute atomic E-state index is 0.0615. The Kier molecular flexibility index (Phi) is 6.30. The number of carbonyl (C=O) groups is 1. The molecule has 5 heteroatoms. The fraction of sp³-hybridized carbons (Fsp3) is 0.136. The van der Waals surface area contributed by atoms with Crippen molar-refractivity contribution in [1.82, 2.24) is 5.32 Å². The summed E-state index contributed by atoms with van der Waals surface area (Å²) in [5, 5.41) is 2.82. The SMILES string of the molecule is COc1ccccc1CNC(=O)COc1ccc(Oc2ccccc2)cc1. The highest BCUT2D eigenvalue weighted by atomic mass is 16.5. The van der Waals surface area contributed by atoms with Gasteiger partial charge in [0, 0.05) is 12.1 Å². The van der Waals surface area contributed by atoms with Gasteiger partial charge in [-0.2, -0.15) is 0 Å². The van der Waals surface area contributed by atoms with Crippen LogP contribution < -0.4 is 19.5 Å². The first-order chi connectivity index (χ1) is 13.2. The van der Waals surface area contributed by atoms with E-state index in [-0.39, 0.29) is 12.5 Å². The van der Waals surface area contributed by atoms with Crippen LogP contribution in [0.5, 0.6) is 23.0 Å². The van der Waals surface area contributed by atoms with Gasteiger partial charge < -0.3 is 19.5 Å². The van der Waals surface area contributed by atoms with Crippen molar-refractivity contribution in [2.24, 2.45) is 0 Å². The molecule has 0 saturated heterocycles. The molecule has 0 heterocycles. The van der Waals surface area contributed by atoms with Crippen molar-refractivity contribution in [2.75, 3.05) is 13.7 Å². The minimum atomic E-state index is -0.203. The molecule has 0 bridgehead atoms. The summed E-state index contributed by atoms with van der Waals surface area (Å²) in [6, 6.07) is 24.2. The van der Waals surface area contributed by atoms with Gasteiger partial charge >= 0.3 is 0 Å². The summed E-state index contributed by atoms with van der Waals surface area (Å²) >= 11 is 0. The number of hydrogen-bond acceptors (Lipinski definition) is 4. The highest BCUT2D eigenvalue weighted by Crippen LogP contribution is 2.23. The largest absolute Gasteiger partial charge is 0.496 e. The van der Waals surface area contributed by atoms with Gasteiger partial charge in [-0.25, -0.2) is 0 Å². The summed E-state index contributed by atoms with van der Waals surface area (Å²) in [4.78, 5) is 12.0. The number of nitrogens with one attached hydrogen (secondary N) is 1. The van der Waals surface area contributed by atoms with E-state index in [0.717, 1.165) is 17.1 Å². The molecule has 0 aliphatic rings. The van der Waals surface area contributed by atoms with E-state index < -0.39 is 0 Å². The van der Waals surface area contributed by atoms with Crippen molar-refractivity contribution in [2.45, 2.75) is 6.54 Å². The fourth-order valence-corrected chi connectivity index (χ4v) is 2.47. The third kappa shape index (κ3) is 5.51. The molecule has 3 aromatic rings. The number of benzene rings is 3. The molecule has 0 atom stereocenters. The summed E-state index contributed by atoms with van der Waals surface area (Å²) in [6.45, 7) is 0.324. The summed E-state index contributed by atoms with van der Waals surface area (Å²) in [5.41, 5.74) is 0.913. The van der Waals surface area contributed by atoms with E-state index in [1.54, 1.807) is 31.4 Å². The van der Waals surface area contributed by atoms with Gasteiger partial charge in [-0.3, -0.25) is 4.79 Å². The van der Waals surface area contributed by atoms with Crippen LogP contribution in [0, 0.1) is 0 Å². The Morgan fingerprint density at radius 3 is 2.19 bits per heavy atom. The summed E-state index contributed by atoms with van der Waals surface area (Å²) in [7, 11) is 1.61. The lowest BCUT2D eigenvalue weighted by Crippen LogP contribution is -2.28. The molecule has 138 valence electrons. The molecule has 3 aromatic carbocycles. The first kappa shape index (κ1) is 18.3. The molecular formula is C22H21NO4. The van der Waals surface area contributed by atoms with E-state index in [0.29, 0.717) is 18.0 Å². The maximum absolute atomic E-state index is 12.0. The fourth-order valence-electron chi connectivity index (χ4n) is 2.47. The van der Waals surface area contributed by atoms with E-state index in [1.807, 2.05) is 54.6 Å². The number of carbonyl (C=O) groups excluding carboxylic acids is 1. The van der Waals surface area contributed by atoms with E-state index in [1.165, 1.54) is 0 Å². The molecule has 27 heavy (non-hydrogen) atoms. The van der Waals surface area contributed by atoms with Crippen LogP contribution in [0.25, 0.3) is 0 Å². The summed E-state index contributed by atoms with van der Waals surface area (Å²) < 4.78 is 16.5. The standard InChI is InChI=1S/C22H21NO4/c1-25-21-10-6-5-7-17(21)15-23-22(24)16-26-18-11-13-20(14-12-18)27-19-8-3-2-4-9-19/h2-14H,15-16H2,1H3,(H,23,24). The van der Waals surface area contributed by atoms with Crippen LogP contribution in [0.4, 0.5) is 0 Å². The minimum Gasteiger partial charge on any atom is -0.496 e. The second-order valence-corrected chi connectivity index (χ2v) is 5.76. The zero-order valence-electron chi connectivity index (χ0n) is 15.1. The van der Waals surface area contributed by atoms with E-state index in [9.17, 15) is 4.79 Å². The Morgan fingerprint density at radius 2 is 1.44 bits per heavy atom. The van der Waals surface area contributed by atoms with Crippen LogP contribution in [-0.4, -0.2) is 19.6 Å². The second-order valence-electron chi connectivity index (χ2n) is 5.76. The maximum Gasteiger partial charge on any atom is 0.258 e. The zero-order chi connectivity index (χ0) is 18.9. The predicted octanol–water partition coefficient (Wildman–Crippen LogP) is 4.18. The molecule has 3 rings (SSSR count). The van der Waals surface area contributed by atoms with E-state index >= 15 is 0 Å². The number of amides is 1. The van der Waals surface area contributed by atoms with Gasteiger partial charge in [0.25, 0.3) is 5.91 Å². The van der Waals surface area contributed by atoms with Crippen molar-refractivity contribution >= 4 is 5.91 Å². The Morgan fingerprint density at radius 1 is 0.815 bits per heavy atom. The molecule has 0 aliphatic heterocycles. The molecule has 0 saturated carbocycles. The molecular weight excluding hydrogens is 342 g/mol. The van der Waals surface area contributed by atoms with Gasteiger partial charge in [-0.05, 0) is 42.5 Å². The Balaban J connectivity index is 1.46. The summed E-state index contributed by atoms with van der Waals surface area (Å²) in [6.07, 6.45) is 0. The molecule has 1 N–H and O–H groups in total. The average molecular weight is 363 g/mol. The lowest BCUT2D eigenvalue weighted by Gasteiger charge is -2.11. The van der Waals surface area contributed by atoms with Gasteiger partial charge in [0.05, 0.1) is 7.11 Å². The lowest BCUT2D eigenvalue weighted by atomic mass is 10.2. The third-order valence-electron chi connectivity index (χ3n) is 3.84. The molecule has 0 fully saturated rings. The van der Waals surface area contributed by atoms with Crippen molar-refractivity contribution in [1.29, 1.82) is 0 Å². The average Bonchev–Trinajstić information content (AvgIpc) is 2.72. The molecule has 0 aromatic heterocycles. The number of hydrogen-bond donors (Lipinski definition) is 1. The van der Waals surface area contributed by atoms with Gasteiger partial charge in [0.15, 0.2) is 6.61 Å². The van der Waals surface area contributed by atoms with Gasteiger partial charge in [-0.1, -0.05) is 36.4 Å². The van der Waals surface area contributed by atoms with Gasteiger partial charge in [-0.15, -0.1) is 0 Å². The third-order valence-corrected chi connectivity index (χ3v) is 3.84. The first-order valence-corrected chi connectivity index (χ1v) is 8.59. The Hall–Kier alpha value is -3.47. The van der Waals surface area contributed by atoms with Crippen LogP contribution in [0.3, 0.4) is 0 Å². The Bertz CT molecular complexity index is 863. The molecule has 1 amide bonds. The highest BCUT2D eigenvalue weighted by molar-refractivity contribution is 5.77. The lowest BCUT2D eigenvalue weighted by molar-refractivity contribution is -0.123. The van der Waals surface area contributed by atoms with Crippen LogP contribution in [-0.2, 0) is 11.3 Å². The quantitative estimate of drug-likeness (QED) is 0.652. The van der Waals surface area contributed by atoms with Gasteiger partial charge in [0.2, 0.25) is 0 Å². The smallest absolute Gasteiger partial charge is 0.258 e. The van der Waals surface area contributed by atoms with Gasteiger partial charge in [0.1, 0.15) is 23.0 Å². The molecule has 0 radical (unpaired) electrons. The number of rotatable bonds is 8. The zero-order valence-corrected chi connectivity index (χ0v) is 15.1. The van der Waals surface area contributed by atoms with Crippen molar-refractivity contribution < 1.29 is 19.0 Å². The van der Waals surface area contributed by atoms with Crippen LogP contribution >= 0.6 is 0 Å². The molecule has 0 aliphatic carbocycles. The van der Waals surface area contributed by atoms with Crippen LogP contribution in [0.2, 0.25) is 0 Å². The first-order valence-electron chi connectivity index (χ1n) is 8.59.